The van der Waals surface area contributed by atoms with E-state index in [1.807, 2.05) is 23.6 Å². The van der Waals surface area contributed by atoms with Gasteiger partial charge in [0.2, 0.25) is 5.78 Å². The van der Waals surface area contributed by atoms with Crippen LogP contribution in [0.2, 0.25) is 0 Å². The summed E-state index contributed by atoms with van der Waals surface area (Å²) in [4.78, 5) is 42.7. The summed E-state index contributed by atoms with van der Waals surface area (Å²) in [6.45, 7) is 5.48. The highest BCUT2D eigenvalue weighted by atomic mass is 16.5. The number of fused-ring (bicyclic) bond motifs is 3. The van der Waals surface area contributed by atoms with Crippen molar-refractivity contribution in [3.05, 3.63) is 62.6 Å². The molecule has 9 heteroatoms. The first-order chi connectivity index (χ1) is 14.3. The Morgan fingerprint density at radius 3 is 2.47 bits per heavy atom. The number of benzene rings is 1. The first kappa shape index (κ1) is 19.7. The fraction of sp³-hybridized carbons (Fsp3) is 0.333. The second-order valence-electron chi connectivity index (χ2n) is 7.30. The molecule has 3 heterocycles. The highest BCUT2D eigenvalue weighted by Crippen LogP contribution is 2.21. The van der Waals surface area contributed by atoms with Gasteiger partial charge in [0.05, 0.1) is 7.11 Å². The second kappa shape index (κ2) is 7.01. The van der Waals surface area contributed by atoms with Gasteiger partial charge in [0.25, 0.3) is 5.56 Å². The molecule has 0 aliphatic rings. The van der Waals surface area contributed by atoms with Crippen LogP contribution in [0.25, 0.3) is 22.6 Å². The molecular formula is C21H23N5O4. The standard InChI is InChI=1S/C21H23N5O4/c1-6-14-7-9-15(10-8-14)25-12(2)11-24-16-17(22-20(24)25)23(4)21(29)26(18(16)27)13(3)19(28)30-5/h7-11,13H,6H2,1-5H3/t13-/m1/s1. The fourth-order valence-electron chi connectivity index (χ4n) is 3.79. The lowest BCUT2D eigenvalue weighted by atomic mass is 10.1. The van der Waals surface area contributed by atoms with E-state index in [0.29, 0.717) is 5.78 Å². The maximum absolute atomic E-state index is 13.3. The van der Waals surface area contributed by atoms with E-state index in [9.17, 15) is 14.4 Å². The molecule has 0 radical (unpaired) electrons. The van der Waals surface area contributed by atoms with Gasteiger partial charge in [-0.3, -0.25) is 18.3 Å². The molecule has 4 rings (SSSR count). The van der Waals surface area contributed by atoms with Crippen LogP contribution in [0.1, 0.15) is 31.1 Å². The lowest BCUT2D eigenvalue weighted by Gasteiger charge is -2.13. The van der Waals surface area contributed by atoms with Gasteiger partial charge in [0, 0.05) is 24.6 Å². The Kier molecular flexibility index (Phi) is 4.60. The first-order valence-corrected chi connectivity index (χ1v) is 9.68. The fourth-order valence-corrected chi connectivity index (χ4v) is 3.79. The molecule has 3 aromatic heterocycles. The Labute approximate surface area is 171 Å². The van der Waals surface area contributed by atoms with Crippen LogP contribution in [0.3, 0.4) is 0 Å². The smallest absolute Gasteiger partial charge is 0.333 e. The third-order valence-corrected chi connectivity index (χ3v) is 5.51. The van der Waals surface area contributed by atoms with Crippen molar-refractivity contribution in [3.8, 4) is 5.69 Å². The van der Waals surface area contributed by atoms with Crippen LogP contribution in [0.4, 0.5) is 0 Å². The maximum Gasteiger partial charge on any atom is 0.333 e. The number of hydrogen-bond acceptors (Lipinski definition) is 5. The van der Waals surface area contributed by atoms with Crippen LogP contribution >= 0.6 is 0 Å². The van der Waals surface area contributed by atoms with E-state index in [4.69, 9.17) is 4.74 Å². The van der Waals surface area contributed by atoms with Gasteiger partial charge in [-0.25, -0.2) is 14.2 Å². The Balaban J connectivity index is 2.06. The third-order valence-electron chi connectivity index (χ3n) is 5.51. The van der Waals surface area contributed by atoms with E-state index in [1.54, 1.807) is 10.6 Å². The number of esters is 1. The lowest BCUT2D eigenvalue weighted by Crippen LogP contribution is -2.43. The zero-order chi connectivity index (χ0) is 21.7. The van der Waals surface area contributed by atoms with E-state index >= 15 is 0 Å². The Morgan fingerprint density at radius 1 is 1.20 bits per heavy atom. The quantitative estimate of drug-likeness (QED) is 0.479. The number of hydrogen-bond donors (Lipinski definition) is 0. The summed E-state index contributed by atoms with van der Waals surface area (Å²) in [5.74, 6) is -0.151. The van der Waals surface area contributed by atoms with E-state index in [1.165, 1.54) is 31.2 Å². The van der Waals surface area contributed by atoms with Crippen molar-refractivity contribution < 1.29 is 9.53 Å². The minimum atomic E-state index is -1.05. The summed E-state index contributed by atoms with van der Waals surface area (Å²) in [5.41, 5.74) is 2.28. The third kappa shape index (κ3) is 2.69. The molecule has 30 heavy (non-hydrogen) atoms. The van der Waals surface area contributed by atoms with E-state index < -0.39 is 23.3 Å². The summed E-state index contributed by atoms with van der Waals surface area (Å²) in [6.07, 6.45) is 2.74. The Morgan fingerprint density at radius 2 is 1.87 bits per heavy atom. The molecule has 0 spiro atoms. The summed E-state index contributed by atoms with van der Waals surface area (Å²) >= 11 is 0. The van der Waals surface area contributed by atoms with Crippen LogP contribution in [-0.2, 0) is 23.0 Å². The van der Waals surface area contributed by atoms with E-state index in [-0.39, 0.29) is 11.2 Å². The number of carbonyl (C=O) groups is 1. The number of methoxy groups -OCH3 is 1. The van der Waals surface area contributed by atoms with Crippen LogP contribution in [0.5, 0.6) is 0 Å². The second-order valence-corrected chi connectivity index (χ2v) is 7.30. The highest BCUT2D eigenvalue weighted by molar-refractivity contribution is 5.78. The summed E-state index contributed by atoms with van der Waals surface area (Å²) < 4.78 is 10.5. The molecular weight excluding hydrogens is 386 g/mol. The Hall–Kier alpha value is -3.62. The lowest BCUT2D eigenvalue weighted by molar-refractivity contribution is -0.144. The molecule has 0 aliphatic carbocycles. The molecule has 0 N–H and O–H groups in total. The number of ether oxygens (including phenoxy) is 1. The summed E-state index contributed by atoms with van der Waals surface area (Å²) in [7, 11) is 2.75. The molecule has 1 atom stereocenters. The minimum Gasteiger partial charge on any atom is -0.467 e. The topological polar surface area (TPSA) is 92.5 Å². The zero-order valence-corrected chi connectivity index (χ0v) is 17.5. The van der Waals surface area contributed by atoms with Gasteiger partial charge in [-0.15, -0.1) is 0 Å². The van der Waals surface area contributed by atoms with E-state index in [0.717, 1.165) is 22.4 Å². The average molecular weight is 409 g/mol. The summed E-state index contributed by atoms with van der Waals surface area (Å²) in [5, 5.41) is 0. The normalized spacial score (nSPS) is 12.6. The van der Waals surface area contributed by atoms with Gasteiger partial charge in [-0.2, -0.15) is 4.98 Å². The van der Waals surface area contributed by atoms with Crippen molar-refractivity contribution in [1.29, 1.82) is 0 Å². The zero-order valence-electron chi connectivity index (χ0n) is 17.5. The van der Waals surface area contributed by atoms with Crippen LogP contribution in [0.15, 0.2) is 40.1 Å². The average Bonchev–Trinajstić information content (AvgIpc) is 3.26. The Bertz CT molecular complexity index is 1400. The van der Waals surface area contributed by atoms with Crippen molar-refractivity contribution in [1.82, 2.24) is 23.1 Å². The molecule has 0 saturated heterocycles. The number of carbonyl (C=O) groups excluding carboxylic acids is 1. The number of aromatic nitrogens is 5. The van der Waals surface area contributed by atoms with Crippen molar-refractivity contribution in [2.75, 3.05) is 7.11 Å². The monoisotopic (exact) mass is 409 g/mol. The maximum atomic E-state index is 13.3. The van der Waals surface area contributed by atoms with Crippen molar-refractivity contribution in [3.63, 3.8) is 0 Å². The van der Waals surface area contributed by atoms with Gasteiger partial charge in [-0.1, -0.05) is 19.1 Å². The van der Waals surface area contributed by atoms with E-state index in [2.05, 4.69) is 24.0 Å². The molecule has 0 saturated carbocycles. The molecule has 0 fully saturated rings. The molecule has 0 unspecified atom stereocenters. The first-order valence-electron chi connectivity index (χ1n) is 9.68. The predicted molar refractivity (Wildman–Crippen MR) is 112 cm³/mol. The van der Waals surface area contributed by atoms with Gasteiger partial charge >= 0.3 is 11.7 Å². The molecule has 4 aromatic rings. The number of rotatable bonds is 4. The van der Waals surface area contributed by atoms with Gasteiger partial charge in [0.15, 0.2) is 11.2 Å². The SMILES string of the molecule is CCc1ccc(-n2c(C)cn3c4c(=O)n([C@H](C)C(=O)OC)c(=O)n(C)c4nc23)cc1. The molecule has 0 amide bonds. The van der Waals surface area contributed by atoms with Crippen LogP contribution in [-0.4, -0.2) is 36.2 Å². The number of imidazole rings is 2. The van der Waals surface area contributed by atoms with Crippen LogP contribution < -0.4 is 11.2 Å². The molecule has 9 nitrogen and oxygen atoms in total. The van der Waals surface area contributed by atoms with Gasteiger partial charge in [0.1, 0.15) is 6.04 Å². The van der Waals surface area contributed by atoms with Crippen molar-refractivity contribution in [2.45, 2.75) is 33.2 Å². The van der Waals surface area contributed by atoms with Crippen molar-refractivity contribution >= 4 is 22.9 Å². The molecule has 1 aromatic carbocycles. The largest absolute Gasteiger partial charge is 0.467 e. The molecule has 0 bridgehead atoms. The number of aryl methyl sites for hydroxylation is 3. The van der Waals surface area contributed by atoms with Gasteiger partial charge < -0.3 is 4.74 Å². The van der Waals surface area contributed by atoms with Gasteiger partial charge in [-0.05, 0) is 38.0 Å². The highest BCUT2D eigenvalue weighted by Gasteiger charge is 2.26. The number of nitrogens with zero attached hydrogens (tertiary/aromatic N) is 5. The molecule has 156 valence electrons. The summed E-state index contributed by atoms with van der Waals surface area (Å²) in [6, 6.07) is 7.05. The minimum absolute atomic E-state index is 0.231. The predicted octanol–water partition coefficient (Wildman–Crippen LogP) is 1.74. The molecule has 0 aliphatic heterocycles. The van der Waals surface area contributed by atoms with Crippen molar-refractivity contribution in [2.24, 2.45) is 7.05 Å². The van der Waals surface area contributed by atoms with Crippen LogP contribution in [0, 0.1) is 6.92 Å².